The summed E-state index contributed by atoms with van der Waals surface area (Å²) in [6.45, 7) is 3.51. The van der Waals surface area contributed by atoms with Crippen LogP contribution in [0.5, 0.6) is 11.6 Å². The maximum Gasteiger partial charge on any atom is 0.419 e. The number of hydrogen-bond acceptors (Lipinski definition) is 6. The lowest BCUT2D eigenvalue weighted by Gasteiger charge is -2.22. The van der Waals surface area contributed by atoms with Gasteiger partial charge in [0.05, 0.1) is 24.6 Å². The van der Waals surface area contributed by atoms with E-state index in [0.29, 0.717) is 0 Å². The summed E-state index contributed by atoms with van der Waals surface area (Å²) >= 11 is 0. The number of methoxy groups -OCH3 is 1. The first-order valence-corrected chi connectivity index (χ1v) is 12.2. The van der Waals surface area contributed by atoms with Crippen molar-refractivity contribution in [3.63, 3.8) is 0 Å². The Bertz CT molecular complexity index is 1550. The van der Waals surface area contributed by atoms with Gasteiger partial charge in [0.1, 0.15) is 17.9 Å². The van der Waals surface area contributed by atoms with Crippen LogP contribution in [0.25, 0.3) is 17.1 Å². The van der Waals surface area contributed by atoms with Gasteiger partial charge < -0.3 is 19.9 Å². The lowest BCUT2D eigenvalue weighted by molar-refractivity contribution is -0.139. The molecule has 1 aliphatic rings. The Kier molecular flexibility index (Phi) is 7.00. The third kappa shape index (κ3) is 5.05. The number of carbonyl (C=O) groups is 1. The standard InChI is InChI=1S/C28H25F3N4O4/c1-16-18(10-9-17-13-32-12-11-19(16)17)15-39-25-20(5-3-6-22(25)28(29,30)31)23-7-4-8-24(34-23)35-26(38-2)21(14-33-35)27(36)37/h3-10,14,32H,11-13,15H2,1-2H3,(H,36,37). The van der Waals surface area contributed by atoms with Crippen LogP contribution < -0.4 is 14.8 Å². The van der Waals surface area contributed by atoms with Crippen LogP contribution in [0, 0.1) is 6.92 Å². The molecule has 0 unspecified atom stereocenters. The highest BCUT2D eigenvalue weighted by Crippen LogP contribution is 2.42. The van der Waals surface area contributed by atoms with E-state index in [0.717, 1.165) is 42.9 Å². The van der Waals surface area contributed by atoms with Gasteiger partial charge in [-0.2, -0.15) is 23.0 Å². The topological polar surface area (TPSA) is 98.5 Å². The summed E-state index contributed by atoms with van der Waals surface area (Å²) in [4.78, 5) is 16.0. The molecule has 0 amide bonds. The van der Waals surface area contributed by atoms with E-state index in [1.54, 1.807) is 18.2 Å². The monoisotopic (exact) mass is 538 g/mol. The zero-order valence-corrected chi connectivity index (χ0v) is 21.2. The normalized spacial score (nSPS) is 13.2. The third-order valence-corrected chi connectivity index (χ3v) is 6.74. The number of aromatic carboxylic acids is 1. The van der Waals surface area contributed by atoms with E-state index in [1.807, 2.05) is 19.1 Å². The van der Waals surface area contributed by atoms with Crippen molar-refractivity contribution in [2.75, 3.05) is 13.7 Å². The van der Waals surface area contributed by atoms with Crippen molar-refractivity contribution >= 4 is 5.97 Å². The molecule has 11 heteroatoms. The maximum atomic E-state index is 14.1. The molecule has 0 aliphatic carbocycles. The van der Waals surface area contributed by atoms with Gasteiger partial charge in [-0.15, -0.1) is 0 Å². The second-order valence-corrected chi connectivity index (χ2v) is 9.05. The predicted octanol–water partition coefficient (Wildman–Crippen LogP) is 5.19. The highest BCUT2D eigenvalue weighted by molar-refractivity contribution is 5.90. The molecule has 202 valence electrons. The van der Waals surface area contributed by atoms with E-state index in [1.165, 1.54) is 35.1 Å². The highest BCUT2D eigenvalue weighted by atomic mass is 19.4. The molecule has 4 aromatic rings. The SMILES string of the molecule is COc1c(C(=O)O)cnn1-c1cccc(-c2cccc(C(F)(F)F)c2OCc2ccc3c(c2C)CCNC3)n1. The summed E-state index contributed by atoms with van der Waals surface area (Å²) < 4.78 is 54.6. The Morgan fingerprint density at radius 1 is 1.15 bits per heavy atom. The average Bonchev–Trinajstić information content (AvgIpc) is 3.37. The Labute approximate surface area is 222 Å². The first-order valence-electron chi connectivity index (χ1n) is 12.2. The summed E-state index contributed by atoms with van der Waals surface area (Å²) in [6.07, 6.45) is -2.71. The predicted molar refractivity (Wildman–Crippen MR) is 136 cm³/mol. The van der Waals surface area contributed by atoms with Crippen molar-refractivity contribution in [3.05, 3.63) is 88.1 Å². The van der Waals surface area contributed by atoms with Crippen LogP contribution >= 0.6 is 0 Å². The van der Waals surface area contributed by atoms with Gasteiger partial charge in [0.15, 0.2) is 5.82 Å². The van der Waals surface area contributed by atoms with Gasteiger partial charge in [-0.3, -0.25) is 0 Å². The Balaban J connectivity index is 1.56. The fraction of sp³-hybridized carbons (Fsp3) is 0.250. The molecule has 0 atom stereocenters. The third-order valence-electron chi connectivity index (χ3n) is 6.74. The van der Waals surface area contributed by atoms with E-state index in [2.05, 4.69) is 15.4 Å². The molecular weight excluding hydrogens is 513 g/mol. The second-order valence-electron chi connectivity index (χ2n) is 9.05. The number of benzene rings is 2. The minimum Gasteiger partial charge on any atom is -0.488 e. The molecule has 0 saturated carbocycles. The molecule has 0 spiro atoms. The summed E-state index contributed by atoms with van der Waals surface area (Å²) in [5.41, 5.74) is 3.43. The van der Waals surface area contributed by atoms with Gasteiger partial charge in [0.25, 0.3) is 0 Å². The number of ether oxygens (including phenoxy) is 2. The molecule has 0 radical (unpaired) electrons. The van der Waals surface area contributed by atoms with Crippen molar-refractivity contribution in [2.24, 2.45) is 0 Å². The van der Waals surface area contributed by atoms with Crippen molar-refractivity contribution in [1.29, 1.82) is 0 Å². The zero-order chi connectivity index (χ0) is 27.7. The zero-order valence-electron chi connectivity index (χ0n) is 21.2. The van der Waals surface area contributed by atoms with Crippen LogP contribution in [0.1, 0.15) is 38.2 Å². The summed E-state index contributed by atoms with van der Waals surface area (Å²) in [5, 5.41) is 16.8. The largest absolute Gasteiger partial charge is 0.488 e. The van der Waals surface area contributed by atoms with E-state index < -0.39 is 17.7 Å². The molecule has 8 nitrogen and oxygen atoms in total. The molecule has 0 fully saturated rings. The lowest BCUT2D eigenvalue weighted by Crippen LogP contribution is -2.24. The van der Waals surface area contributed by atoms with E-state index in [-0.39, 0.29) is 40.9 Å². The minimum absolute atomic E-state index is 0.0543. The Hall–Kier alpha value is -4.38. The quantitative estimate of drug-likeness (QED) is 0.334. The van der Waals surface area contributed by atoms with E-state index >= 15 is 0 Å². The fourth-order valence-electron chi connectivity index (χ4n) is 4.77. The number of nitrogens with one attached hydrogen (secondary N) is 1. The molecule has 2 aromatic carbocycles. The molecule has 3 heterocycles. The van der Waals surface area contributed by atoms with Crippen molar-refractivity contribution < 1.29 is 32.5 Å². The number of hydrogen-bond donors (Lipinski definition) is 2. The average molecular weight is 539 g/mol. The van der Waals surface area contributed by atoms with Gasteiger partial charge >= 0.3 is 12.1 Å². The molecule has 5 rings (SSSR count). The van der Waals surface area contributed by atoms with Gasteiger partial charge in [0, 0.05) is 12.1 Å². The van der Waals surface area contributed by atoms with Gasteiger partial charge in [-0.25, -0.2) is 9.78 Å². The maximum absolute atomic E-state index is 14.1. The summed E-state index contributed by atoms with van der Waals surface area (Å²) in [6, 6.07) is 12.3. The van der Waals surface area contributed by atoms with Gasteiger partial charge in [0.2, 0.25) is 5.88 Å². The first kappa shape index (κ1) is 26.2. The number of pyridine rings is 1. The highest BCUT2D eigenvalue weighted by Gasteiger charge is 2.36. The smallest absolute Gasteiger partial charge is 0.419 e. The molecule has 0 saturated heterocycles. The van der Waals surface area contributed by atoms with E-state index in [9.17, 15) is 23.1 Å². The molecule has 2 N–H and O–H groups in total. The van der Waals surface area contributed by atoms with Crippen LogP contribution in [-0.4, -0.2) is 39.5 Å². The molecule has 39 heavy (non-hydrogen) atoms. The summed E-state index contributed by atoms with van der Waals surface area (Å²) in [5.74, 6) is -1.48. The van der Waals surface area contributed by atoms with Crippen LogP contribution in [0.3, 0.4) is 0 Å². The second kappa shape index (κ2) is 10.4. The fourth-order valence-corrected chi connectivity index (χ4v) is 4.77. The number of alkyl halides is 3. The van der Waals surface area contributed by atoms with Crippen molar-refractivity contribution in [2.45, 2.75) is 32.7 Å². The van der Waals surface area contributed by atoms with Crippen LogP contribution in [0.2, 0.25) is 0 Å². The summed E-state index contributed by atoms with van der Waals surface area (Å²) in [7, 11) is 1.29. The van der Waals surface area contributed by atoms with Gasteiger partial charge in [-0.1, -0.05) is 24.3 Å². The molecular formula is C28H25F3N4O4. The van der Waals surface area contributed by atoms with Crippen LogP contribution in [0.15, 0.2) is 54.7 Å². The number of nitrogens with zero attached hydrogens (tertiary/aromatic N) is 3. The minimum atomic E-state index is -4.67. The number of aromatic nitrogens is 3. The van der Waals surface area contributed by atoms with Crippen LogP contribution in [0.4, 0.5) is 13.2 Å². The van der Waals surface area contributed by atoms with Crippen molar-refractivity contribution in [1.82, 2.24) is 20.1 Å². The number of carboxylic acids is 1. The number of carboxylic acid groups (broad SMARTS) is 1. The Morgan fingerprint density at radius 3 is 2.69 bits per heavy atom. The molecule has 0 bridgehead atoms. The number of fused-ring (bicyclic) bond motifs is 1. The number of para-hydroxylation sites is 1. The number of halogens is 3. The lowest BCUT2D eigenvalue weighted by atomic mass is 9.93. The van der Waals surface area contributed by atoms with Gasteiger partial charge in [-0.05, 0) is 66.4 Å². The molecule has 2 aromatic heterocycles. The van der Waals surface area contributed by atoms with E-state index in [4.69, 9.17) is 9.47 Å². The Morgan fingerprint density at radius 2 is 1.95 bits per heavy atom. The van der Waals surface area contributed by atoms with Crippen LogP contribution in [-0.2, 0) is 25.7 Å². The molecule has 1 aliphatic heterocycles. The first-order chi connectivity index (χ1) is 18.7. The van der Waals surface area contributed by atoms with Crippen molar-refractivity contribution in [3.8, 4) is 28.7 Å². The number of rotatable bonds is 7.